The number of hydrogen-bond acceptors (Lipinski definition) is 12. The molecule has 3 aromatic rings. The number of benzene rings is 3. The summed E-state index contributed by atoms with van der Waals surface area (Å²) in [4.78, 5) is 1.45. The molecular weight excluding hydrogens is 665 g/mol. The maximum atomic E-state index is 11.2. The summed E-state index contributed by atoms with van der Waals surface area (Å²) < 4.78 is 100. The Labute approximate surface area is 310 Å². The van der Waals surface area contributed by atoms with E-state index in [9.17, 15) is 38.9 Å². The van der Waals surface area contributed by atoms with Gasteiger partial charge in [-0.15, -0.1) is 0 Å². The minimum absolute atomic E-state index is 0. The first kappa shape index (κ1) is 42.3. The van der Waals surface area contributed by atoms with Crippen molar-refractivity contribution in [3.63, 3.8) is 0 Å². The average Bonchev–Trinajstić information content (AvgIpc) is 2.94. The van der Waals surface area contributed by atoms with E-state index in [-0.39, 0.29) is 73.8 Å². The molecule has 0 aromatic heterocycles. The maximum Gasteiger partial charge on any atom is 1.00 e. The van der Waals surface area contributed by atoms with Crippen molar-refractivity contribution in [2.45, 2.75) is 33.9 Å². The van der Waals surface area contributed by atoms with Gasteiger partial charge < -0.3 is 29.2 Å². The molecule has 3 rings (SSSR count). The molecule has 0 aliphatic heterocycles. The van der Waals surface area contributed by atoms with Gasteiger partial charge in [-0.25, -0.2) is 25.3 Å². The number of hydrogen-bond donors (Lipinski definition) is 2. The van der Waals surface area contributed by atoms with Gasteiger partial charge in [-0.2, -0.15) is 0 Å². The van der Waals surface area contributed by atoms with Crippen LogP contribution in [0.25, 0.3) is 0 Å². The van der Waals surface area contributed by atoms with E-state index < -0.39 is 30.4 Å². The Hall–Kier alpha value is -0.730. The predicted molar refractivity (Wildman–Crippen MR) is 157 cm³/mol. The second kappa shape index (κ2) is 19.9. The van der Waals surface area contributed by atoms with Crippen molar-refractivity contribution in [1.29, 1.82) is 0 Å². The zero-order valence-electron chi connectivity index (χ0n) is 25.3. The molecule has 0 aliphatic rings. The third kappa shape index (κ3) is 15.8. The van der Waals surface area contributed by atoms with Crippen LogP contribution in [0.4, 0.5) is 0 Å². The first-order chi connectivity index (χ1) is 20.2. The smallest absolute Gasteiger partial charge is 0.744 e. The Morgan fingerprint density at radius 1 is 0.444 bits per heavy atom. The summed E-state index contributed by atoms with van der Waals surface area (Å²) in [7, 11) is -13.4. The van der Waals surface area contributed by atoms with Gasteiger partial charge >= 0.3 is 59.1 Å². The van der Waals surface area contributed by atoms with Crippen LogP contribution >= 0.6 is 0 Å². The van der Waals surface area contributed by atoms with Gasteiger partial charge in [0.05, 0.1) is 14.7 Å². The summed E-state index contributed by atoms with van der Waals surface area (Å²) in [5, 5.41) is 6.72. The second-order valence-electron chi connectivity index (χ2n) is 9.89. The molecule has 0 unspecified atom stereocenters. The Kier molecular flexibility index (Phi) is 18.7. The normalized spacial score (nSPS) is 12.0. The van der Waals surface area contributed by atoms with E-state index in [0.717, 1.165) is 16.7 Å². The number of rotatable bonds is 18. The van der Waals surface area contributed by atoms with E-state index in [4.69, 9.17) is 0 Å². The van der Waals surface area contributed by atoms with Gasteiger partial charge in [0.15, 0.2) is 0 Å². The summed E-state index contributed by atoms with van der Waals surface area (Å²) in [6.45, 7) is 4.76. The fourth-order valence-corrected chi connectivity index (χ4v) is 5.69. The molecule has 0 amide bonds. The van der Waals surface area contributed by atoms with Crippen LogP contribution in [-0.2, 0) is 49.6 Å². The van der Waals surface area contributed by atoms with E-state index >= 15 is 0 Å². The first-order valence-electron chi connectivity index (χ1n) is 13.5. The molecule has 12 nitrogen and oxygen atoms in total. The number of nitrogens with one attached hydrogen (secondary N) is 2. The van der Waals surface area contributed by atoms with Crippen molar-refractivity contribution in [3.8, 4) is 0 Å². The first-order valence-corrected chi connectivity index (χ1v) is 17.7. The molecule has 45 heavy (non-hydrogen) atoms. The number of nitrogens with zero attached hydrogens (tertiary/aromatic N) is 1. The molecule has 0 bridgehead atoms. The Balaban J connectivity index is 0.00000506. The maximum absolute atomic E-state index is 11.2. The molecule has 0 heterocycles. The monoisotopic (exact) mass is 698 g/mol. The van der Waals surface area contributed by atoms with Crippen molar-refractivity contribution in [2.75, 3.05) is 45.8 Å². The zero-order valence-corrected chi connectivity index (χ0v) is 31.8. The van der Waals surface area contributed by atoms with Crippen LogP contribution in [0.1, 0.15) is 16.7 Å². The summed E-state index contributed by atoms with van der Waals surface area (Å²) in [5.41, 5.74) is 2.69. The molecule has 0 fully saturated rings. The minimum Gasteiger partial charge on any atom is -0.744 e. The molecule has 17 heteroatoms. The summed E-state index contributed by atoms with van der Waals surface area (Å²) in [5.74, 6) is 0. The SMILES string of the molecule is O=S(=O)([O-])c1ccc(CCNCCN(CCNCCc2ccc(S(=O)(=O)[O-])cc2)CCc2ccc(S(=O)(=O)[O-])cc2)cc1.[Na+].[Na+]. The van der Waals surface area contributed by atoms with Gasteiger partial charge in [0, 0.05) is 32.7 Å². The Morgan fingerprint density at radius 2 is 0.733 bits per heavy atom. The summed E-state index contributed by atoms with van der Waals surface area (Å²) in [6, 6.07) is 17.6. The Bertz CT molecular complexity index is 1550. The van der Waals surface area contributed by atoms with Crippen LogP contribution in [0.15, 0.2) is 87.5 Å². The van der Waals surface area contributed by atoms with Gasteiger partial charge in [-0.1, -0.05) is 36.4 Å². The van der Waals surface area contributed by atoms with Crippen molar-refractivity contribution in [1.82, 2.24) is 15.5 Å². The van der Waals surface area contributed by atoms with Crippen LogP contribution in [-0.4, -0.2) is 89.6 Å². The van der Waals surface area contributed by atoms with Crippen molar-refractivity contribution < 1.29 is 98.0 Å². The van der Waals surface area contributed by atoms with Crippen LogP contribution in [0.3, 0.4) is 0 Å². The molecule has 0 saturated carbocycles. The van der Waals surface area contributed by atoms with E-state index in [0.29, 0.717) is 65.1 Å². The van der Waals surface area contributed by atoms with E-state index in [1.54, 1.807) is 36.4 Å². The van der Waals surface area contributed by atoms with Crippen LogP contribution in [0, 0.1) is 0 Å². The predicted octanol–water partition coefficient (Wildman–Crippen LogP) is -5.08. The van der Waals surface area contributed by atoms with Crippen molar-refractivity contribution in [3.05, 3.63) is 89.5 Å². The fraction of sp³-hybridized carbons (Fsp3) is 0.357. The van der Waals surface area contributed by atoms with E-state index in [2.05, 4.69) is 15.5 Å². The van der Waals surface area contributed by atoms with Gasteiger partial charge in [0.1, 0.15) is 30.4 Å². The average molecular weight is 699 g/mol. The third-order valence-electron chi connectivity index (χ3n) is 6.74. The van der Waals surface area contributed by atoms with Crippen LogP contribution in [0.2, 0.25) is 0 Å². The van der Waals surface area contributed by atoms with E-state index in [1.165, 1.54) is 36.4 Å². The third-order valence-corrected chi connectivity index (χ3v) is 9.29. The zero-order chi connectivity index (χ0) is 31.5. The summed E-state index contributed by atoms with van der Waals surface area (Å²) >= 11 is 0. The van der Waals surface area contributed by atoms with Gasteiger partial charge in [0.25, 0.3) is 0 Å². The molecule has 2 N–H and O–H groups in total. The van der Waals surface area contributed by atoms with Crippen LogP contribution in [0.5, 0.6) is 0 Å². The molecular formula is C28H34N3Na2O9S3-. The minimum atomic E-state index is -4.50. The molecule has 236 valence electrons. The quantitative estimate of drug-likeness (QED) is 0.0729. The standard InChI is InChI=1S/C28H37N3O9S3.2Na/c32-41(33,34)26-7-1-23(2-8-26)13-16-29-18-21-31(20-15-25-5-11-28(12-6-25)43(38,39)40)22-19-30-17-14-24-3-9-27(10-4-24)42(35,36)37;;/h1-12,29-30H,13-22H2,(H,32,33,34)(H,35,36,37)(H,38,39,40);;/q;2*+1/p-3. The fourth-order valence-electron chi connectivity index (χ4n) is 4.28. The molecule has 3 aromatic carbocycles. The van der Waals surface area contributed by atoms with Crippen molar-refractivity contribution in [2.24, 2.45) is 0 Å². The molecule has 0 spiro atoms. The van der Waals surface area contributed by atoms with Gasteiger partial charge in [-0.3, -0.25) is 0 Å². The van der Waals surface area contributed by atoms with Gasteiger partial charge in [-0.05, 0) is 85.4 Å². The molecule has 0 radical (unpaired) electrons. The Morgan fingerprint density at radius 3 is 1.02 bits per heavy atom. The largest absolute Gasteiger partial charge is 1.00 e. The topological polar surface area (TPSA) is 199 Å². The second-order valence-corrected chi connectivity index (χ2v) is 14.0. The van der Waals surface area contributed by atoms with Crippen molar-refractivity contribution >= 4 is 30.4 Å². The van der Waals surface area contributed by atoms with Crippen LogP contribution < -0.4 is 69.7 Å². The van der Waals surface area contributed by atoms with Gasteiger partial charge in [0.2, 0.25) is 0 Å². The molecule has 0 saturated heterocycles. The molecule has 0 aliphatic carbocycles. The molecule has 0 atom stereocenters. The van der Waals surface area contributed by atoms with E-state index in [1.807, 2.05) is 0 Å². The summed E-state index contributed by atoms with van der Waals surface area (Å²) in [6.07, 6.45) is 1.94.